The molecule has 0 radical (unpaired) electrons. The fourth-order valence-electron chi connectivity index (χ4n) is 2.87. The molecule has 8 nitrogen and oxygen atoms in total. The molecule has 0 aromatic heterocycles. The van der Waals surface area contributed by atoms with Crippen LogP contribution in [0.15, 0.2) is 34.9 Å². The Morgan fingerprint density at radius 2 is 1.96 bits per heavy atom. The molecular formula is C19H20N2O6S. The average Bonchev–Trinajstić information content (AvgIpc) is 2.71. The number of nitrogens with zero attached hydrogens (tertiary/aromatic N) is 1. The topological polar surface area (TPSA) is 115 Å². The highest BCUT2D eigenvalue weighted by molar-refractivity contribution is 8.03. The molecule has 1 heterocycles. The molecule has 1 aromatic carbocycles. The summed E-state index contributed by atoms with van der Waals surface area (Å²) in [6, 6.07) is 8.96. The standard InChI is InChI=1S/C19H20N2O6S/c1-4-27-13-8-6-5-7-11(13)15-12(9-20)18(28-10-14(22)25-2)21-17(23)16(15)19(24)26-3/h5-8,15-16H,4,10H2,1-3H3,(H,21,23)/t15-,16-/m1/s1. The Balaban J connectivity index is 2.61. The molecule has 1 aromatic rings. The molecule has 0 saturated carbocycles. The zero-order valence-corrected chi connectivity index (χ0v) is 16.5. The number of carbonyl (C=O) groups is 3. The molecule has 28 heavy (non-hydrogen) atoms. The van der Waals surface area contributed by atoms with Crippen LogP contribution in [0.4, 0.5) is 0 Å². The van der Waals surface area contributed by atoms with Gasteiger partial charge < -0.3 is 19.5 Å². The van der Waals surface area contributed by atoms with Crippen LogP contribution in [-0.2, 0) is 23.9 Å². The number of esters is 2. The second kappa shape index (κ2) is 9.80. The molecule has 0 bridgehead atoms. The van der Waals surface area contributed by atoms with Crippen molar-refractivity contribution < 1.29 is 28.6 Å². The maximum atomic E-state index is 12.7. The lowest BCUT2D eigenvalue weighted by molar-refractivity contribution is -0.150. The van der Waals surface area contributed by atoms with Gasteiger partial charge in [0.25, 0.3) is 0 Å². The van der Waals surface area contributed by atoms with E-state index in [-0.39, 0.29) is 16.4 Å². The van der Waals surface area contributed by atoms with E-state index in [0.29, 0.717) is 17.9 Å². The average molecular weight is 404 g/mol. The van der Waals surface area contributed by atoms with Gasteiger partial charge in [0.2, 0.25) is 5.91 Å². The van der Waals surface area contributed by atoms with Crippen LogP contribution in [0.5, 0.6) is 5.75 Å². The number of benzene rings is 1. The summed E-state index contributed by atoms with van der Waals surface area (Å²) in [5.41, 5.74) is 0.665. The quantitative estimate of drug-likeness (QED) is 0.540. The van der Waals surface area contributed by atoms with Gasteiger partial charge in [0.05, 0.1) is 43.3 Å². The van der Waals surface area contributed by atoms with Gasteiger partial charge in [0, 0.05) is 11.5 Å². The van der Waals surface area contributed by atoms with E-state index in [1.165, 1.54) is 14.2 Å². The third kappa shape index (κ3) is 4.46. The smallest absolute Gasteiger partial charge is 0.319 e. The maximum absolute atomic E-state index is 12.7. The monoisotopic (exact) mass is 404 g/mol. The van der Waals surface area contributed by atoms with Crippen molar-refractivity contribution >= 4 is 29.6 Å². The first-order valence-electron chi connectivity index (χ1n) is 8.42. The number of hydrogen-bond donors (Lipinski definition) is 1. The number of carbonyl (C=O) groups excluding carboxylic acids is 3. The lowest BCUT2D eigenvalue weighted by Gasteiger charge is -2.31. The Morgan fingerprint density at radius 1 is 1.25 bits per heavy atom. The number of thioether (sulfide) groups is 1. The second-order valence-electron chi connectivity index (χ2n) is 5.66. The van der Waals surface area contributed by atoms with Crippen molar-refractivity contribution in [3.63, 3.8) is 0 Å². The molecule has 1 N–H and O–H groups in total. The third-order valence-corrected chi connectivity index (χ3v) is 5.09. The number of ether oxygens (including phenoxy) is 3. The predicted octanol–water partition coefficient (Wildman–Crippen LogP) is 1.73. The largest absolute Gasteiger partial charge is 0.494 e. The van der Waals surface area contributed by atoms with Gasteiger partial charge in [-0.1, -0.05) is 30.0 Å². The molecule has 1 aliphatic heterocycles. The minimum Gasteiger partial charge on any atom is -0.494 e. The number of rotatable bonds is 7. The molecule has 0 fully saturated rings. The summed E-state index contributed by atoms with van der Waals surface area (Å²) in [6.07, 6.45) is 0. The summed E-state index contributed by atoms with van der Waals surface area (Å²) in [7, 11) is 2.43. The van der Waals surface area contributed by atoms with E-state index < -0.39 is 29.7 Å². The van der Waals surface area contributed by atoms with Gasteiger partial charge in [-0.15, -0.1) is 0 Å². The molecule has 2 atom stereocenters. The van der Waals surface area contributed by atoms with Crippen LogP contribution in [0.2, 0.25) is 0 Å². The van der Waals surface area contributed by atoms with Gasteiger partial charge in [-0.2, -0.15) is 5.26 Å². The molecule has 1 aliphatic rings. The van der Waals surface area contributed by atoms with Crippen LogP contribution in [0, 0.1) is 17.2 Å². The molecule has 0 aliphatic carbocycles. The van der Waals surface area contributed by atoms with E-state index in [1.54, 1.807) is 31.2 Å². The minimum atomic E-state index is -1.26. The van der Waals surface area contributed by atoms with Crippen LogP contribution in [0.1, 0.15) is 18.4 Å². The lowest BCUT2D eigenvalue weighted by atomic mass is 9.78. The third-order valence-electron chi connectivity index (χ3n) is 4.10. The Morgan fingerprint density at radius 3 is 2.57 bits per heavy atom. The highest BCUT2D eigenvalue weighted by Gasteiger charge is 2.45. The van der Waals surface area contributed by atoms with Crippen molar-refractivity contribution in [2.75, 3.05) is 26.6 Å². The van der Waals surface area contributed by atoms with Gasteiger partial charge in [0.1, 0.15) is 11.7 Å². The molecule has 2 rings (SSSR count). The van der Waals surface area contributed by atoms with Crippen molar-refractivity contribution in [3.8, 4) is 11.8 Å². The maximum Gasteiger partial charge on any atom is 0.319 e. The van der Waals surface area contributed by atoms with Crippen LogP contribution in [0.3, 0.4) is 0 Å². The molecule has 0 saturated heterocycles. The van der Waals surface area contributed by atoms with Crippen molar-refractivity contribution in [3.05, 3.63) is 40.4 Å². The van der Waals surface area contributed by atoms with E-state index in [1.807, 2.05) is 0 Å². The molecule has 9 heteroatoms. The summed E-state index contributed by atoms with van der Waals surface area (Å²) in [4.78, 5) is 36.6. The SMILES string of the molecule is CCOc1ccccc1[C@@H]1C(C#N)=C(SCC(=O)OC)NC(=O)[C@@H]1C(=O)OC. The second-order valence-corrected chi connectivity index (χ2v) is 6.64. The number of nitriles is 1. The summed E-state index contributed by atoms with van der Waals surface area (Å²) in [5.74, 6) is -3.69. The van der Waals surface area contributed by atoms with Crippen LogP contribution in [-0.4, -0.2) is 44.4 Å². The first kappa shape index (κ1) is 21.3. The first-order chi connectivity index (χ1) is 13.5. The number of amides is 1. The van der Waals surface area contributed by atoms with E-state index in [2.05, 4.69) is 16.1 Å². The Labute approximate surface area is 166 Å². The van der Waals surface area contributed by atoms with Crippen molar-refractivity contribution in [2.45, 2.75) is 12.8 Å². The fourth-order valence-corrected chi connectivity index (χ4v) is 3.75. The van der Waals surface area contributed by atoms with Gasteiger partial charge in [0.15, 0.2) is 0 Å². The summed E-state index contributed by atoms with van der Waals surface area (Å²) >= 11 is 0.963. The fraction of sp³-hybridized carbons (Fsp3) is 0.368. The molecule has 1 amide bonds. The Hall–Kier alpha value is -2.99. The summed E-state index contributed by atoms with van der Waals surface area (Å²) in [6.45, 7) is 2.18. The highest BCUT2D eigenvalue weighted by Crippen LogP contribution is 2.43. The number of allylic oxidation sites excluding steroid dienone is 1. The van der Waals surface area contributed by atoms with E-state index in [4.69, 9.17) is 9.47 Å². The number of methoxy groups -OCH3 is 2. The van der Waals surface area contributed by atoms with Crippen molar-refractivity contribution in [1.82, 2.24) is 5.32 Å². The van der Waals surface area contributed by atoms with Gasteiger partial charge in [-0.05, 0) is 13.0 Å². The summed E-state index contributed by atoms with van der Waals surface area (Å²) < 4.78 is 15.0. The first-order valence-corrected chi connectivity index (χ1v) is 9.41. The van der Waals surface area contributed by atoms with Crippen molar-refractivity contribution in [1.29, 1.82) is 5.26 Å². The molecular weight excluding hydrogens is 384 g/mol. The normalized spacial score (nSPS) is 18.7. The van der Waals surface area contributed by atoms with Crippen LogP contribution in [0.25, 0.3) is 0 Å². The highest BCUT2D eigenvalue weighted by atomic mass is 32.2. The van der Waals surface area contributed by atoms with Crippen molar-refractivity contribution in [2.24, 2.45) is 5.92 Å². The zero-order valence-electron chi connectivity index (χ0n) is 15.7. The predicted molar refractivity (Wildman–Crippen MR) is 101 cm³/mol. The lowest BCUT2D eigenvalue weighted by Crippen LogP contribution is -2.44. The number of nitrogens with one attached hydrogen (secondary N) is 1. The number of hydrogen-bond acceptors (Lipinski definition) is 8. The van der Waals surface area contributed by atoms with Gasteiger partial charge in [-0.25, -0.2) is 0 Å². The van der Waals surface area contributed by atoms with Gasteiger partial charge in [-0.3, -0.25) is 14.4 Å². The minimum absolute atomic E-state index is 0.0972. The zero-order chi connectivity index (χ0) is 20.7. The Kier molecular flexibility index (Phi) is 7.46. The molecule has 148 valence electrons. The van der Waals surface area contributed by atoms with Crippen LogP contribution < -0.4 is 10.1 Å². The van der Waals surface area contributed by atoms with Gasteiger partial charge >= 0.3 is 11.9 Å². The molecule has 0 spiro atoms. The number of para-hydroxylation sites is 1. The van der Waals surface area contributed by atoms with E-state index >= 15 is 0 Å². The summed E-state index contributed by atoms with van der Waals surface area (Å²) in [5, 5.41) is 12.6. The molecule has 0 unspecified atom stereocenters. The Bertz CT molecular complexity index is 845. The van der Waals surface area contributed by atoms with E-state index in [0.717, 1.165) is 11.8 Å². The van der Waals surface area contributed by atoms with Crippen LogP contribution >= 0.6 is 11.8 Å². The van der Waals surface area contributed by atoms with E-state index in [9.17, 15) is 19.6 Å².